The standard InChI is InChI=1S/C29H29BrClFN2O3/c30-24-17-22(31)14-15-27(24)37-19-28(35)34(18-21-10-4-7-13-25(21)32)26(16-20-8-2-1-3-9-20)29(36)33-23-11-5-6-12-23/h1-4,7-10,13-15,17,23,26H,5-6,11-12,16,18-19H2,(H,33,36). The van der Waals surface area contributed by atoms with Crippen LogP contribution < -0.4 is 10.1 Å². The van der Waals surface area contributed by atoms with E-state index in [-0.39, 0.29) is 25.1 Å². The number of nitrogens with zero attached hydrogens (tertiary/aromatic N) is 1. The zero-order chi connectivity index (χ0) is 26.2. The maximum atomic E-state index is 14.7. The van der Waals surface area contributed by atoms with Crippen LogP contribution in [0.1, 0.15) is 36.8 Å². The summed E-state index contributed by atoms with van der Waals surface area (Å²) in [6, 6.07) is 20.1. The molecule has 1 atom stereocenters. The molecule has 0 heterocycles. The van der Waals surface area contributed by atoms with Crippen molar-refractivity contribution in [3.8, 4) is 5.75 Å². The molecule has 0 saturated heterocycles. The van der Waals surface area contributed by atoms with Crippen LogP contribution in [0, 0.1) is 5.82 Å². The Morgan fingerprint density at radius 3 is 2.46 bits per heavy atom. The first-order valence-electron chi connectivity index (χ1n) is 12.4. The summed E-state index contributed by atoms with van der Waals surface area (Å²) in [5.74, 6) is -0.657. The van der Waals surface area contributed by atoms with Crippen molar-refractivity contribution in [2.24, 2.45) is 0 Å². The molecular formula is C29H29BrClFN2O3. The van der Waals surface area contributed by atoms with Crippen molar-refractivity contribution in [2.75, 3.05) is 6.61 Å². The number of carbonyl (C=O) groups excluding carboxylic acids is 2. The second kappa shape index (κ2) is 13.1. The highest BCUT2D eigenvalue weighted by Crippen LogP contribution is 2.28. The SMILES string of the molecule is O=C(NC1CCCC1)C(Cc1ccccc1)N(Cc1ccccc1F)C(=O)COc1ccc(Cl)cc1Br. The molecule has 0 bridgehead atoms. The van der Waals surface area contributed by atoms with Crippen molar-refractivity contribution >= 4 is 39.3 Å². The average molecular weight is 588 g/mol. The quantitative estimate of drug-likeness (QED) is 0.302. The number of amides is 2. The molecule has 0 radical (unpaired) electrons. The molecule has 194 valence electrons. The van der Waals surface area contributed by atoms with Gasteiger partial charge in [-0.2, -0.15) is 0 Å². The second-order valence-corrected chi connectivity index (χ2v) is 10.5. The third kappa shape index (κ3) is 7.55. The molecule has 4 rings (SSSR count). The van der Waals surface area contributed by atoms with Crippen LogP contribution in [0.4, 0.5) is 4.39 Å². The smallest absolute Gasteiger partial charge is 0.261 e. The van der Waals surface area contributed by atoms with Gasteiger partial charge in [-0.15, -0.1) is 0 Å². The molecule has 5 nitrogen and oxygen atoms in total. The minimum atomic E-state index is -0.840. The molecule has 1 N–H and O–H groups in total. The van der Waals surface area contributed by atoms with Gasteiger partial charge < -0.3 is 15.0 Å². The van der Waals surface area contributed by atoms with Gasteiger partial charge >= 0.3 is 0 Å². The van der Waals surface area contributed by atoms with Gasteiger partial charge in [0.15, 0.2) is 6.61 Å². The van der Waals surface area contributed by atoms with Gasteiger partial charge in [-0.1, -0.05) is 73.0 Å². The fourth-order valence-electron chi connectivity index (χ4n) is 4.55. The normalized spacial score (nSPS) is 14.2. The lowest BCUT2D eigenvalue weighted by atomic mass is 10.0. The number of hydrogen-bond acceptors (Lipinski definition) is 3. The van der Waals surface area contributed by atoms with Gasteiger partial charge in [-0.3, -0.25) is 9.59 Å². The zero-order valence-electron chi connectivity index (χ0n) is 20.3. The van der Waals surface area contributed by atoms with Crippen LogP contribution in [0.25, 0.3) is 0 Å². The highest BCUT2D eigenvalue weighted by Gasteiger charge is 2.33. The molecule has 0 aromatic heterocycles. The molecule has 1 fully saturated rings. The number of halogens is 3. The summed E-state index contributed by atoms with van der Waals surface area (Å²) < 4.78 is 21.1. The lowest BCUT2D eigenvalue weighted by molar-refractivity contribution is -0.143. The number of carbonyl (C=O) groups is 2. The van der Waals surface area contributed by atoms with Crippen LogP contribution >= 0.6 is 27.5 Å². The Hall–Kier alpha value is -2.90. The van der Waals surface area contributed by atoms with E-state index in [0.717, 1.165) is 31.2 Å². The Morgan fingerprint density at radius 2 is 1.76 bits per heavy atom. The summed E-state index contributed by atoms with van der Waals surface area (Å²) >= 11 is 9.41. The topological polar surface area (TPSA) is 58.6 Å². The Balaban J connectivity index is 1.63. The molecule has 37 heavy (non-hydrogen) atoms. The Kier molecular flexibility index (Phi) is 9.58. The Bertz CT molecular complexity index is 1220. The van der Waals surface area contributed by atoms with Gasteiger partial charge in [0.25, 0.3) is 5.91 Å². The molecule has 0 spiro atoms. The molecule has 1 aliphatic carbocycles. The van der Waals surface area contributed by atoms with Crippen LogP contribution in [-0.2, 0) is 22.6 Å². The number of nitrogens with one attached hydrogen (secondary N) is 1. The predicted molar refractivity (Wildman–Crippen MR) is 146 cm³/mol. The van der Waals surface area contributed by atoms with Crippen molar-refractivity contribution in [1.29, 1.82) is 0 Å². The van der Waals surface area contributed by atoms with E-state index in [0.29, 0.717) is 27.2 Å². The molecule has 0 aliphatic heterocycles. The summed E-state index contributed by atoms with van der Waals surface area (Å²) in [4.78, 5) is 28.7. The first-order chi connectivity index (χ1) is 17.9. The molecule has 1 unspecified atom stereocenters. The first-order valence-corrected chi connectivity index (χ1v) is 13.5. The summed E-state index contributed by atoms with van der Waals surface area (Å²) in [6.45, 7) is -0.386. The van der Waals surface area contributed by atoms with Crippen molar-refractivity contribution in [2.45, 2.75) is 50.7 Å². The van der Waals surface area contributed by atoms with Crippen LogP contribution in [-0.4, -0.2) is 35.4 Å². The number of rotatable bonds is 10. The van der Waals surface area contributed by atoms with Gasteiger partial charge in [-0.05, 0) is 58.6 Å². The average Bonchev–Trinajstić information content (AvgIpc) is 3.40. The largest absolute Gasteiger partial charge is 0.483 e. The number of hydrogen-bond donors (Lipinski definition) is 1. The lowest BCUT2D eigenvalue weighted by Gasteiger charge is -2.32. The van der Waals surface area contributed by atoms with Gasteiger partial charge in [0.1, 0.15) is 17.6 Å². The van der Waals surface area contributed by atoms with Gasteiger partial charge in [0, 0.05) is 29.6 Å². The third-order valence-electron chi connectivity index (χ3n) is 6.52. The molecule has 3 aromatic rings. The highest BCUT2D eigenvalue weighted by molar-refractivity contribution is 9.10. The van der Waals surface area contributed by atoms with E-state index in [2.05, 4.69) is 21.2 Å². The van der Waals surface area contributed by atoms with Crippen molar-refractivity contribution < 1.29 is 18.7 Å². The van der Waals surface area contributed by atoms with Crippen LogP contribution in [0.2, 0.25) is 5.02 Å². The fourth-order valence-corrected chi connectivity index (χ4v) is 5.34. The van der Waals surface area contributed by atoms with E-state index in [9.17, 15) is 14.0 Å². The van der Waals surface area contributed by atoms with Crippen molar-refractivity contribution in [3.05, 3.63) is 99.2 Å². The predicted octanol–water partition coefficient (Wildman–Crippen LogP) is 6.32. The van der Waals surface area contributed by atoms with E-state index < -0.39 is 17.8 Å². The summed E-state index contributed by atoms with van der Waals surface area (Å²) in [6.07, 6.45) is 4.26. The van der Waals surface area contributed by atoms with Gasteiger partial charge in [0.2, 0.25) is 5.91 Å². The second-order valence-electron chi connectivity index (χ2n) is 9.17. The monoisotopic (exact) mass is 586 g/mol. The zero-order valence-corrected chi connectivity index (χ0v) is 22.7. The summed E-state index contributed by atoms with van der Waals surface area (Å²) in [5.41, 5.74) is 1.23. The van der Waals surface area contributed by atoms with Crippen LogP contribution in [0.15, 0.2) is 77.3 Å². The lowest BCUT2D eigenvalue weighted by Crippen LogP contribution is -2.53. The van der Waals surface area contributed by atoms with Crippen LogP contribution in [0.5, 0.6) is 5.75 Å². The molecule has 8 heteroatoms. The molecule has 3 aromatic carbocycles. The van der Waals surface area contributed by atoms with Gasteiger partial charge in [0.05, 0.1) is 4.47 Å². The molecular weight excluding hydrogens is 559 g/mol. The third-order valence-corrected chi connectivity index (χ3v) is 7.37. The van der Waals surface area contributed by atoms with Crippen molar-refractivity contribution in [1.82, 2.24) is 10.2 Å². The first kappa shape index (κ1) is 27.1. The van der Waals surface area contributed by atoms with Crippen molar-refractivity contribution in [3.63, 3.8) is 0 Å². The highest BCUT2D eigenvalue weighted by atomic mass is 79.9. The minimum absolute atomic E-state index is 0.0633. The fraction of sp³-hybridized carbons (Fsp3) is 0.310. The maximum Gasteiger partial charge on any atom is 0.261 e. The van der Waals surface area contributed by atoms with E-state index in [1.807, 2.05) is 30.3 Å². The van der Waals surface area contributed by atoms with Gasteiger partial charge in [-0.25, -0.2) is 4.39 Å². The number of ether oxygens (including phenoxy) is 1. The summed E-state index contributed by atoms with van der Waals surface area (Å²) in [7, 11) is 0. The van der Waals surface area contributed by atoms with E-state index in [1.165, 1.54) is 11.0 Å². The van der Waals surface area contributed by atoms with E-state index >= 15 is 0 Å². The molecule has 1 aliphatic rings. The van der Waals surface area contributed by atoms with E-state index in [1.54, 1.807) is 36.4 Å². The molecule has 1 saturated carbocycles. The maximum absolute atomic E-state index is 14.7. The Labute approximate surface area is 230 Å². The summed E-state index contributed by atoms with van der Waals surface area (Å²) in [5, 5.41) is 3.66. The Morgan fingerprint density at radius 1 is 1.05 bits per heavy atom. The van der Waals surface area contributed by atoms with E-state index in [4.69, 9.17) is 16.3 Å². The molecule has 2 amide bonds. The number of benzene rings is 3. The minimum Gasteiger partial charge on any atom is -0.483 e. The van der Waals surface area contributed by atoms with Crippen LogP contribution in [0.3, 0.4) is 0 Å².